The summed E-state index contributed by atoms with van der Waals surface area (Å²) < 4.78 is 29.3. The van der Waals surface area contributed by atoms with Crippen LogP contribution in [0.4, 0.5) is 0 Å². The zero-order valence-corrected chi connectivity index (χ0v) is 12.8. The average Bonchev–Trinajstić information content (AvgIpc) is 2.54. The van der Waals surface area contributed by atoms with Gasteiger partial charge in [0.25, 0.3) is 0 Å². The molecule has 0 saturated heterocycles. The van der Waals surface area contributed by atoms with Gasteiger partial charge in [0.15, 0.2) is 0 Å². The van der Waals surface area contributed by atoms with Crippen LogP contribution in [-0.4, -0.2) is 17.9 Å². The number of halogens is 1. The first-order valence-electron chi connectivity index (χ1n) is 5.51. The fraction of sp³-hybridized carbons (Fsp3) is 0.333. The number of aromatic nitrogens is 1. The molecule has 6 heteroatoms. The van der Waals surface area contributed by atoms with Crippen LogP contribution in [0.2, 0.25) is 0 Å². The lowest BCUT2D eigenvalue weighted by molar-refractivity contribution is 0.487. The Labute approximate surface area is 115 Å². The second kappa shape index (κ2) is 4.36. The van der Waals surface area contributed by atoms with Gasteiger partial charge in [-0.15, -0.1) is 0 Å². The molecule has 1 aromatic carbocycles. The second-order valence-electron chi connectivity index (χ2n) is 5.15. The highest BCUT2D eigenvalue weighted by Crippen LogP contribution is 2.27. The lowest BCUT2D eigenvalue weighted by atomic mass is 10.1. The van der Waals surface area contributed by atoms with Gasteiger partial charge in [0, 0.05) is 21.6 Å². The Morgan fingerprint density at radius 2 is 1.83 bits per heavy atom. The van der Waals surface area contributed by atoms with Crippen LogP contribution >= 0.6 is 15.9 Å². The molecule has 0 aliphatic rings. The Bertz CT molecular complexity index is 684. The van der Waals surface area contributed by atoms with Crippen molar-refractivity contribution in [2.75, 3.05) is 0 Å². The van der Waals surface area contributed by atoms with E-state index in [-0.39, 0.29) is 0 Å². The molecule has 0 fully saturated rings. The van der Waals surface area contributed by atoms with Gasteiger partial charge in [-0.2, -0.15) is 13.1 Å². The number of para-hydroxylation sites is 1. The number of fused-ring (bicyclic) bond motifs is 1. The number of nitrogens with one attached hydrogen (secondary N) is 1. The van der Waals surface area contributed by atoms with E-state index < -0.39 is 15.7 Å². The van der Waals surface area contributed by atoms with E-state index in [2.05, 4.69) is 20.7 Å². The molecule has 1 N–H and O–H groups in total. The Balaban J connectivity index is 2.62. The molecule has 2 rings (SSSR count). The van der Waals surface area contributed by atoms with E-state index in [9.17, 15) is 8.42 Å². The molecule has 0 saturated carbocycles. The van der Waals surface area contributed by atoms with Crippen LogP contribution in [0.5, 0.6) is 0 Å². The van der Waals surface area contributed by atoms with Crippen LogP contribution in [0.15, 0.2) is 34.9 Å². The smallest absolute Gasteiger partial charge is 0.231 e. The zero-order chi connectivity index (χ0) is 13.6. The minimum Gasteiger partial charge on any atom is -0.231 e. The molecule has 0 atom stereocenters. The maximum atomic E-state index is 12.3. The lowest BCUT2D eigenvalue weighted by Gasteiger charge is -2.21. The monoisotopic (exact) mass is 330 g/mol. The lowest BCUT2D eigenvalue weighted by Crippen LogP contribution is -2.43. The van der Waals surface area contributed by atoms with Gasteiger partial charge in [0.1, 0.15) is 0 Å². The minimum absolute atomic E-state index is 0.517. The van der Waals surface area contributed by atoms with Gasteiger partial charge in [-0.25, -0.2) is 3.97 Å². The van der Waals surface area contributed by atoms with Crippen molar-refractivity contribution in [3.05, 3.63) is 34.9 Å². The first-order valence-corrected chi connectivity index (χ1v) is 7.74. The van der Waals surface area contributed by atoms with Crippen LogP contribution in [0.1, 0.15) is 20.8 Å². The number of hydrogen-bond acceptors (Lipinski definition) is 2. The van der Waals surface area contributed by atoms with E-state index in [1.54, 1.807) is 12.3 Å². The van der Waals surface area contributed by atoms with Crippen molar-refractivity contribution in [1.82, 2.24) is 8.69 Å². The highest BCUT2D eigenvalue weighted by Gasteiger charge is 2.23. The highest BCUT2D eigenvalue weighted by atomic mass is 79.9. The largest absolute Gasteiger partial charge is 0.305 e. The Morgan fingerprint density at radius 3 is 2.44 bits per heavy atom. The van der Waals surface area contributed by atoms with E-state index in [4.69, 9.17) is 0 Å². The standard InChI is InChI=1S/C12H15BrN2O2S/c1-12(2,3)14-18(16,17)15-8-10(13)9-6-4-5-7-11(9)15/h4-8,14H,1-3H3. The van der Waals surface area contributed by atoms with Crippen molar-refractivity contribution >= 4 is 37.0 Å². The van der Waals surface area contributed by atoms with E-state index >= 15 is 0 Å². The summed E-state index contributed by atoms with van der Waals surface area (Å²) in [5, 5.41) is 0.872. The summed E-state index contributed by atoms with van der Waals surface area (Å²) in [6, 6.07) is 7.35. The summed E-state index contributed by atoms with van der Waals surface area (Å²) >= 11 is 3.38. The zero-order valence-electron chi connectivity index (χ0n) is 10.4. The van der Waals surface area contributed by atoms with Gasteiger partial charge in [-0.05, 0) is 42.8 Å². The molecule has 4 nitrogen and oxygen atoms in total. The summed E-state index contributed by atoms with van der Waals surface area (Å²) in [5.74, 6) is 0. The van der Waals surface area contributed by atoms with Crippen molar-refractivity contribution in [1.29, 1.82) is 0 Å². The van der Waals surface area contributed by atoms with Gasteiger partial charge in [0.2, 0.25) is 0 Å². The molecule has 0 radical (unpaired) electrons. The van der Waals surface area contributed by atoms with Gasteiger partial charge >= 0.3 is 10.2 Å². The minimum atomic E-state index is -3.59. The molecule has 1 heterocycles. The molecular weight excluding hydrogens is 316 g/mol. The number of benzene rings is 1. The number of nitrogens with zero attached hydrogens (tertiary/aromatic N) is 1. The van der Waals surface area contributed by atoms with Crippen molar-refractivity contribution in [3.8, 4) is 0 Å². The van der Waals surface area contributed by atoms with Gasteiger partial charge in [-0.3, -0.25) is 0 Å². The Hall–Kier alpha value is -0.850. The summed E-state index contributed by atoms with van der Waals surface area (Å²) in [4.78, 5) is 0. The highest BCUT2D eigenvalue weighted by molar-refractivity contribution is 9.10. The average molecular weight is 331 g/mol. The fourth-order valence-corrected chi connectivity index (χ4v) is 3.95. The van der Waals surface area contributed by atoms with Crippen LogP contribution in [0.25, 0.3) is 10.9 Å². The topological polar surface area (TPSA) is 51.1 Å². The number of hydrogen-bond donors (Lipinski definition) is 1. The fourth-order valence-electron chi connectivity index (χ4n) is 1.74. The third-order valence-corrected chi connectivity index (χ3v) is 4.65. The van der Waals surface area contributed by atoms with Crippen LogP contribution < -0.4 is 4.72 Å². The van der Waals surface area contributed by atoms with E-state index in [1.807, 2.05) is 39.0 Å². The van der Waals surface area contributed by atoms with Crippen molar-refractivity contribution in [2.45, 2.75) is 26.3 Å². The first-order chi connectivity index (χ1) is 8.21. The van der Waals surface area contributed by atoms with Gasteiger partial charge in [-0.1, -0.05) is 18.2 Å². The van der Waals surface area contributed by atoms with Crippen molar-refractivity contribution in [3.63, 3.8) is 0 Å². The van der Waals surface area contributed by atoms with E-state index in [0.29, 0.717) is 5.52 Å². The van der Waals surface area contributed by atoms with Gasteiger partial charge in [0.05, 0.1) is 5.52 Å². The third kappa shape index (κ3) is 2.60. The molecule has 0 aliphatic heterocycles. The molecule has 98 valence electrons. The molecule has 0 bridgehead atoms. The Morgan fingerprint density at radius 1 is 1.22 bits per heavy atom. The third-order valence-electron chi connectivity index (χ3n) is 2.32. The molecular formula is C12H15BrN2O2S. The molecule has 1 aromatic heterocycles. The van der Waals surface area contributed by atoms with Gasteiger partial charge < -0.3 is 0 Å². The summed E-state index contributed by atoms with van der Waals surface area (Å²) in [6.07, 6.45) is 1.57. The number of rotatable bonds is 2. The molecule has 0 amide bonds. The maximum absolute atomic E-state index is 12.3. The van der Waals surface area contributed by atoms with Crippen LogP contribution in [0.3, 0.4) is 0 Å². The Kier molecular flexibility index (Phi) is 3.29. The quantitative estimate of drug-likeness (QED) is 0.920. The SMILES string of the molecule is CC(C)(C)NS(=O)(=O)n1cc(Br)c2ccccc21. The van der Waals surface area contributed by atoms with E-state index in [0.717, 1.165) is 9.86 Å². The summed E-state index contributed by atoms with van der Waals surface area (Å²) in [5.41, 5.74) is 0.137. The second-order valence-corrected chi connectivity index (χ2v) is 7.55. The molecule has 2 aromatic rings. The van der Waals surface area contributed by atoms with Crippen LogP contribution in [-0.2, 0) is 10.2 Å². The van der Waals surface area contributed by atoms with Crippen LogP contribution in [0, 0.1) is 0 Å². The summed E-state index contributed by atoms with van der Waals surface area (Å²) in [7, 11) is -3.59. The molecule has 0 aliphatic carbocycles. The van der Waals surface area contributed by atoms with E-state index in [1.165, 1.54) is 3.97 Å². The normalized spacial score (nSPS) is 13.1. The maximum Gasteiger partial charge on any atom is 0.305 e. The van der Waals surface area contributed by atoms with Crippen molar-refractivity contribution < 1.29 is 8.42 Å². The molecule has 0 spiro atoms. The molecule has 18 heavy (non-hydrogen) atoms. The molecule has 0 unspecified atom stereocenters. The summed E-state index contributed by atoms with van der Waals surface area (Å²) in [6.45, 7) is 5.43. The van der Waals surface area contributed by atoms with Crippen molar-refractivity contribution in [2.24, 2.45) is 0 Å². The predicted octanol–water partition coefficient (Wildman–Crippen LogP) is 2.88. The first kappa shape index (κ1) is 13.6. The predicted molar refractivity (Wildman–Crippen MR) is 76.8 cm³/mol.